The Balaban J connectivity index is 1.16. The minimum Gasteiger partial charge on any atom is -0.473 e. The molecule has 192 valence electrons. The fourth-order valence-electron chi connectivity index (χ4n) is 5.37. The van der Waals surface area contributed by atoms with Gasteiger partial charge < -0.3 is 14.4 Å². The van der Waals surface area contributed by atoms with Crippen molar-refractivity contribution in [3.8, 4) is 27.6 Å². The van der Waals surface area contributed by atoms with Crippen LogP contribution in [0.25, 0.3) is 31.9 Å². The van der Waals surface area contributed by atoms with Gasteiger partial charge in [0.2, 0.25) is 5.88 Å². The van der Waals surface area contributed by atoms with Crippen LogP contribution in [0.15, 0.2) is 36.0 Å². The number of thiazole rings is 2. The highest BCUT2D eigenvalue weighted by Gasteiger charge is 2.45. The first-order valence-corrected chi connectivity index (χ1v) is 14.3. The molecule has 2 aliphatic heterocycles. The lowest BCUT2D eigenvalue weighted by Gasteiger charge is -2.39. The molecule has 0 N–H and O–H groups in total. The Kier molecular flexibility index (Phi) is 6.11. The van der Waals surface area contributed by atoms with Gasteiger partial charge in [-0.25, -0.2) is 14.8 Å². The topological polar surface area (TPSA) is 90.3 Å². The lowest BCUT2D eigenvalue weighted by Crippen LogP contribution is -2.50. The average Bonchev–Trinajstić information content (AvgIpc) is 3.56. The van der Waals surface area contributed by atoms with Gasteiger partial charge in [-0.3, -0.25) is 0 Å². The van der Waals surface area contributed by atoms with Crippen LogP contribution < -0.4 is 4.74 Å². The monoisotopic (exact) mass is 535 g/mol. The zero-order valence-electron chi connectivity index (χ0n) is 21.3. The highest BCUT2D eigenvalue weighted by molar-refractivity contribution is 7.18. The standard InChI is InChI=1S/C27H29N5O3S2/c1-15-28-13-22(37-15)20-8-7-19(25-24(20)29-14-36-25)21-9-10-23(31-30-21)34-18-11-16-5-6-17(12-18)32(16)26(33)35-27(2,3)4/h7-10,13-14,16-18H,5-6,11-12H2,1-4H3/t16-,17+,18?. The molecule has 0 spiro atoms. The van der Waals surface area contributed by atoms with Crippen LogP contribution in [0.2, 0.25) is 0 Å². The number of carbonyl (C=O) groups excluding carboxylic acids is 1. The normalized spacial score (nSPS) is 21.4. The van der Waals surface area contributed by atoms with E-state index in [4.69, 9.17) is 9.47 Å². The molecule has 3 aromatic heterocycles. The third kappa shape index (κ3) is 4.80. The number of fused-ring (bicyclic) bond motifs is 3. The van der Waals surface area contributed by atoms with E-state index in [2.05, 4.69) is 32.3 Å². The summed E-state index contributed by atoms with van der Waals surface area (Å²) in [5, 5.41) is 9.93. The molecule has 2 aliphatic rings. The van der Waals surface area contributed by atoms with Crippen LogP contribution >= 0.6 is 22.7 Å². The Bertz CT molecular complexity index is 1430. The Labute approximate surface area is 223 Å². The summed E-state index contributed by atoms with van der Waals surface area (Å²) in [6.07, 6.45) is 5.22. The van der Waals surface area contributed by atoms with Crippen molar-refractivity contribution in [2.75, 3.05) is 0 Å². The van der Waals surface area contributed by atoms with Gasteiger partial charge in [-0.05, 0) is 46.6 Å². The van der Waals surface area contributed by atoms with Crippen LogP contribution in [0, 0.1) is 6.92 Å². The number of rotatable bonds is 4. The Hall–Kier alpha value is -3.11. The number of hydrogen-bond donors (Lipinski definition) is 0. The molecular weight excluding hydrogens is 506 g/mol. The molecule has 1 unspecified atom stereocenters. The van der Waals surface area contributed by atoms with Crippen LogP contribution in [-0.4, -0.2) is 54.9 Å². The minimum atomic E-state index is -0.494. The third-order valence-corrected chi connectivity index (χ3v) is 8.67. The van der Waals surface area contributed by atoms with E-state index in [0.717, 1.165) is 62.6 Å². The molecule has 5 heterocycles. The van der Waals surface area contributed by atoms with Crippen LogP contribution in [0.3, 0.4) is 0 Å². The van der Waals surface area contributed by atoms with E-state index in [9.17, 15) is 4.79 Å². The summed E-state index contributed by atoms with van der Waals surface area (Å²) in [5.74, 6) is 0.510. The molecule has 8 nitrogen and oxygen atoms in total. The molecule has 1 aromatic carbocycles. The van der Waals surface area contributed by atoms with Gasteiger partial charge in [-0.2, -0.15) is 0 Å². The maximum atomic E-state index is 12.7. The van der Waals surface area contributed by atoms with Gasteiger partial charge in [0.15, 0.2) is 0 Å². The first kappa shape index (κ1) is 24.2. The Morgan fingerprint density at radius 2 is 1.78 bits per heavy atom. The highest BCUT2D eigenvalue weighted by atomic mass is 32.1. The SMILES string of the molecule is Cc1ncc(-c2ccc(-c3ccc(OC4C[C@H]5CC[C@@H](C4)N5C(=O)OC(C)(C)C)nn3)c3scnc23)s1. The van der Waals surface area contributed by atoms with Crippen molar-refractivity contribution in [1.29, 1.82) is 0 Å². The van der Waals surface area contributed by atoms with E-state index in [1.165, 1.54) is 0 Å². The average molecular weight is 536 g/mol. The first-order valence-electron chi connectivity index (χ1n) is 12.6. The van der Waals surface area contributed by atoms with Gasteiger partial charge in [0.25, 0.3) is 0 Å². The van der Waals surface area contributed by atoms with Gasteiger partial charge in [0, 0.05) is 48.3 Å². The number of carbonyl (C=O) groups is 1. The van der Waals surface area contributed by atoms with Crippen molar-refractivity contribution in [3.63, 3.8) is 0 Å². The van der Waals surface area contributed by atoms with Gasteiger partial charge >= 0.3 is 6.09 Å². The number of hydrogen-bond acceptors (Lipinski definition) is 9. The highest BCUT2D eigenvalue weighted by Crippen LogP contribution is 2.40. The number of aryl methyl sites for hydroxylation is 1. The summed E-state index contributed by atoms with van der Waals surface area (Å²) in [4.78, 5) is 24.8. The second-order valence-corrected chi connectivity index (χ2v) is 12.8. The molecule has 6 rings (SSSR count). The Morgan fingerprint density at radius 1 is 1.03 bits per heavy atom. The molecule has 3 atom stereocenters. The summed E-state index contributed by atoms with van der Waals surface area (Å²) in [6, 6.07) is 8.30. The summed E-state index contributed by atoms with van der Waals surface area (Å²) >= 11 is 3.27. The predicted octanol–water partition coefficient (Wildman–Crippen LogP) is 6.49. The minimum absolute atomic E-state index is 0.00619. The largest absolute Gasteiger partial charge is 0.473 e. The molecule has 2 fully saturated rings. The maximum Gasteiger partial charge on any atom is 0.410 e. The van der Waals surface area contributed by atoms with Gasteiger partial charge in [0.1, 0.15) is 11.7 Å². The first-order chi connectivity index (χ1) is 17.7. The lowest BCUT2D eigenvalue weighted by atomic mass is 10.0. The van der Waals surface area contributed by atoms with Crippen LogP contribution in [-0.2, 0) is 4.74 Å². The van der Waals surface area contributed by atoms with E-state index in [1.54, 1.807) is 22.7 Å². The molecule has 4 aromatic rings. The van der Waals surface area contributed by atoms with E-state index >= 15 is 0 Å². The summed E-state index contributed by atoms with van der Waals surface area (Å²) in [6.45, 7) is 7.72. The maximum absolute atomic E-state index is 12.7. The smallest absolute Gasteiger partial charge is 0.410 e. The quantitative estimate of drug-likeness (QED) is 0.295. The molecule has 1 amide bonds. The predicted molar refractivity (Wildman–Crippen MR) is 145 cm³/mol. The molecule has 2 saturated heterocycles. The number of amides is 1. The van der Waals surface area contributed by atoms with E-state index < -0.39 is 5.60 Å². The fraction of sp³-hybridized carbons (Fsp3) is 0.444. The second kappa shape index (κ2) is 9.33. The van der Waals surface area contributed by atoms with Gasteiger partial charge in [0.05, 0.1) is 31.3 Å². The van der Waals surface area contributed by atoms with Crippen LogP contribution in [0.1, 0.15) is 51.5 Å². The van der Waals surface area contributed by atoms with E-state index in [-0.39, 0.29) is 24.3 Å². The number of benzene rings is 1. The molecular formula is C27H29N5O3S2. The van der Waals surface area contributed by atoms with Crippen LogP contribution in [0.4, 0.5) is 4.79 Å². The van der Waals surface area contributed by atoms with Crippen molar-refractivity contribution in [2.45, 2.75) is 77.2 Å². The zero-order valence-corrected chi connectivity index (χ0v) is 22.9. The lowest BCUT2D eigenvalue weighted by molar-refractivity contribution is -0.00771. The van der Waals surface area contributed by atoms with Crippen molar-refractivity contribution < 1.29 is 14.3 Å². The van der Waals surface area contributed by atoms with E-state index in [0.29, 0.717) is 5.88 Å². The second-order valence-electron chi connectivity index (χ2n) is 10.7. The Morgan fingerprint density at radius 3 is 2.43 bits per heavy atom. The molecule has 0 radical (unpaired) electrons. The summed E-state index contributed by atoms with van der Waals surface area (Å²) < 4.78 is 13.0. The summed E-state index contributed by atoms with van der Waals surface area (Å²) in [7, 11) is 0. The molecule has 2 bridgehead atoms. The van der Waals surface area contributed by atoms with Gasteiger partial charge in [-0.1, -0.05) is 12.1 Å². The van der Waals surface area contributed by atoms with Gasteiger partial charge in [-0.15, -0.1) is 32.9 Å². The number of nitrogens with zero attached hydrogens (tertiary/aromatic N) is 5. The van der Waals surface area contributed by atoms with E-state index in [1.807, 2.05) is 56.4 Å². The molecule has 10 heteroatoms. The molecule has 37 heavy (non-hydrogen) atoms. The number of piperidine rings is 1. The third-order valence-electron chi connectivity index (χ3n) is 6.87. The molecule has 0 saturated carbocycles. The van der Waals surface area contributed by atoms with Crippen molar-refractivity contribution in [2.24, 2.45) is 0 Å². The molecule has 0 aliphatic carbocycles. The van der Waals surface area contributed by atoms with Crippen molar-refractivity contribution in [3.05, 3.63) is 41.0 Å². The number of ether oxygens (including phenoxy) is 2. The fourth-order valence-corrected chi connectivity index (χ4v) is 7.01. The zero-order chi connectivity index (χ0) is 25.7. The van der Waals surface area contributed by atoms with Crippen molar-refractivity contribution >= 4 is 39.0 Å². The van der Waals surface area contributed by atoms with Crippen LogP contribution in [0.5, 0.6) is 5.88 Å². The summed E-state index contributed by atoms with van der Waals surface area (Å²) in [5.41, 5.74) is 5.21. The number of aromatic nitrogens is 4. The van der Waals surface area contributed by atoms with Crippen molar-refractivity contribution in [1.82, 2.24) is 25.1 Å².